The number of pyridine rings is 1. The molecule has 0 aliphatic rings. The molecule has 0 fully saturated rings. The summed E-state index contributed by atoms with van der Waals surface area (Å²) in [6, 6.07) is 3.22. The number of nitrogens with zero attached hydrogens (tertiary/aromatic N) is 3. The first-order valence-corrected chi connectivity index (χ1v) is 5.09. The molecule has 17 heavy (non-hydrogen) atoms. The second-order valence-corrected chi connectivity index (χ2v) is 3.78. The molecule has 0 saturated carbocycles. The fourth-order valence-electron chi connectivity index (χ4n) is 1.51. The van der Waals surface area contributed by atoms with Crippen molar-refractivity contribution in [1.29, 1.82) is 0 Å². The summed E-state index contributed by atoms with van der Waals surface area (Å²) in [5, 5.41) is 6.69. The molecule has 2 heterocycles. The summed E-state index contributed by atoms with van der Waals surface area (Å²) >= 11 is 0. The smallest absolute Gasteiger partial charge is 0.255 e. The van der Waals surface area contributed by atoms with Gasteiger partial charge in [-0.15, -0.1) is 0 Å². The van der Waals surface area contributed by atoms with Crippen molar-refractivity contribution in [2.45, 2.75) is 6.92 Å². The molecule has 0 aliphatic carbocycles. The second kappa shape index (κ2) is 4.25. The van der Waals surface area contributed by atoms with Crippen LogP contribution in [0.3, 0.4) is 0 Å². The molecule has 88 valence electrons. The van der Waals surface area contributed by atoms with Crippen molar-refractivity contribution < 1.29 is 4.79 Å². The van der Waals surface area contributed by atoms with E-state index in [-0.39, 0.29) is 5.91 Å². The van der Waals surface area contributed by atoms with Crippen LogP contribution in [0.15, 0.2) is 24.5 Å². The fourth-order valence-corrected chi connectivity index (χ4v) is 1.51. The van der Waals surface area contributed by atoms with E-state index in [4.69, 9.17) is 5.73 Å². The molecule has 0 saturated heterocycles. The van der Waals surface area contributed by atoms with Gasteiger partial charge in [0, 0.05) is 24.5 Å². The van der Waals surface area contributed by atoms with Crippen LogP contribution in [0, 0.1) is 6.92 Å². The molecule has 0 aliphatic heterocycles. The lowest BCUT2D eigenvalue weighted by molar-refractivity contribution is 0.102. The number of amides is 1. The van der Waals surface area contributed by atoms with Gasteiger partial charge >= 0.3 is 0 Å². The summed E-state index contributed by atoms with van der Waals surface area (Å²) in [6.45, 7) is 1.79. The van der Waals surface area contributed by atoms with E-state index in [0.29, 0.717) is 22.8 Å². The van der Waals surface area contributed by atoms with Gasteiger partial charge in [-0.1, -0.05) is 0 Å². The molecule has 2 rings (SSSR count). The molecule has 6 heteroatoms. The average Bonchev–Trinajstić information content (AvgIpc) is 2.62. The lowest BCUT2D eigenvalue weighted by Gasteiger charge is -2.04. The number of aryl methyl sites for hydroxylation is 2. The van der Waals surface area contributed by atoms with Crippen LogP contribution in [0.1, 0.15) is 16.1 Å². The maximum atomic E-state index is 11.9. The van der Waals surface area contributed by atoms with Gasteiger partial charge in [-0.25, -0.2) is 4.98 Å². The third-order valence-corrected chi connectivity index (χ3v) is 2.20. The van der Waals surface area contributed by atoms with Gasteiger partial charge in [-0.2, -0.15) is 5.10 Å². The van der Waals surface area contributed by atoms with E-state index in [2.05, 4.69) is 15.4 Å². The lowest BCUT2D eigenvalue weighted by atomic mass is 10.2. The van der Waals surface area contributed by atoms with Crippen LogP contribution >= 0.6 is 0 Å². The SMILES string of the molecule is Cc1cc(C(=O)Nc2cnn(C)c2)cc(N)n1. The van der Waals surface area contributed by atoms with Gasteiger partial charge in [0.2, 0.25) is 0 Å². The van der Waals surface area contributed by atoms with E-state index in [1.165, 1.54) is 0 Å². The Bertz CT molecular complexity index is 540. The van der Waals surface area contributed by atoms with E-state index in [1.54, 1.807) is 43.2 Å². The Morgan fingerprint density at radius 2 is 2.24 bits per heavy atom. The van der Waals surface area contributed by atoms with Gasteiger partial charge in [-0.05, 0) is 19.1 Å². The number of nitrogen functional groups attached to an aromatic ring is 1. The molecule has 6 nitrogen and oxygen atoms in total. The van der Waals surface area contributed by atoms with Gasteiger partial charge in [0.05, 0.1) is 11.9 Å². The number of nitrogens with two attached hydrogens (primary N) is 1. The van der Waals surface area contributed by atoms with E-state index >= 15 is 0 Å². The van der Waals surface area contributed by atoms with Crippen LogP contribution in [-0.4, -0.2) is 20.7 Å². The number of hydrogen-bond donors (Lipinski definition) is 2. The Balaban J connectivity index is 2.19. The standard InChI is InChI=1S/C11H13N5O/c1-7-3-8(4-10(12)14-7)11(17)15-9-5-13-16(2)6-9/h3-6H,1-2H3,(H2,12,14)(H,15,17). The Kier molecular flexibility index (Phi) is 2.78. The molecular weight excluding hydrogens is 218 g/mol. The summed E-state index contributed by atoms with van der Waals surface area (Å²) < 4.78 is 1.61. The highest BCUT2D eigenvalue weighted by Gasteiger charge is 2.08. The molecule has 0 spiro atoms. The first-order valence-electron chi connectivity index (χ1n) is 5.09. The van der Waals surface area contributed by atoms with Gasteiger partial charge in [0.1, 0.15) is 5.82 Å². The molecule has 0 bridgehead atoms. The van der Waals surface area contributed by atoms with Crippen molar-refractivity contribution >= 4 is 17.4 Å². The molecule has 3 N–H and O–H groups in total. The van der Waals surface area contributed by atoms with Crippen molar-refractivity contribution in [3.63, 3.8) is 0 Å². The Hall–Kier alpha value is -2.37. The summed E-state index contributed by atoms with van der Waals surface area (Å²) in [4.78, 5) is 15.9. The number of carbonyl (C=O) groups is 1. The van der Waals surface area contributed by atoms with Crippen molar-refractivity contribution in [2.75, 3.05) is 11.1 Å². The minimum Gasteiger partial charge on any atom is -0.384 e. The lowest BCUT2D eigenvalue weighted by Crippen LogP contribution is -2.12. The summed E-state index contributed by atoms with van der Waals surface area (Å²) in [5.74, 6) is 0.108. The number of aromatic nitrogens is 3. The highest BCUT2D eigenvalue weighted by atomic mass is 16.1. The van der Waals surface area contributed by atoms with Crippen molar-refractivity contribution in [3.05, 3.63) is 35.8 Å². The quantitative estimate of drug-likeness (QED) is 0.806. The van der Waals surface area contributed by atoms with Crippen LogP contribution in [0.25, 0.3) is 0 Å². The Morgan fingerprint density at radius 3 is 2.82 bits per heavy atom. The molecule has 2 aromatic heterocycles. The highest BCUT2D eigenvalue weighted by Crippen LogP contribution is 2.10. The summed E-state index contributed by atoms with van der Waals surface area (Å²) in [5.41, 5.74) is 7.43. The minimum absolute atomic E-state index is 0.227. The van der Waals surface area contributed by atoms with Crippen molar-refractivity contribution in [1.82, 2.24) is 14.8 Å². The molecule has 0 aromatic carbocycles. The predicted octanol–water partition coefficient (Wildman–Crippen LogP) is 0.958. The van der Waals surface area contributed by atoms with E-state index in [0.717, 1.165) is 0 Å². The zero-order chi connectivity index (χ0) is 12.4. The molecule has 0 radical (unpaired) electrons. The topological polar surface area (TPSA) is 85.8 Å². The van der Waals surface area contributed by atoms with E-state index in [9.17, 15) is 4.79 Å². The summed E-state index contributed by atoms with van der Waals surface area (Å²) in [6.07, 6.45) is 3.30. The van der Waals surface area contributed by atoms with Crippen LogP contribution in [-0.2, 0) is 7.05 Å². The maximum Gasteiger partial charge on any atom is 0.255 e. The van der Waals surface area contributed by atoms with Crippen LogP contribution in [0.4, 0.5) is 11.5 Å². The number of carbonyl (C=O) groups excluding carboxylic acids is 1. The fraction of sp³-hybridized carbons (Fsp3) is 0.182. The molecule has 0 atom stereocenters. The third kappa shape index (κ3) is 2.60. The molecule has 0 unspecified atom stereocenters. The predicted molar refractivity (Wildman–Crippen MR) is 64.5 cm³/mol. The van der Waals surface area contributed by atoms with Crippen LogP contribution in [0.2, 0.25) is 0 Å². The van der Waals surface area contributed by atoms with Gasteiger partial charge in [-0.3, -0.25) is 9.48 Å². The number of anilines is 2. The van der Waals surface area contributed by atoms with Crippen molar-refractivity contribution in [3.8, 4) is 0 Å². The first-order chi connectivity index (χ1) is 8.04. The van der Waals surface area contributed by atoms with E-state index < -0.39 is 0 Å². The monoisotopic (exact) mass is 231 g/mol. The minimum atomic E-state index is -0.227. The molecular formula is C11H13N5O. The number of nitrogens with one attached hydrogen (secondary N) is 1. The maximum absolute atomic E-state index is 11.9. The Labute approximate surface area is 98.5 Å². The van der Waals surface area contributed by atoms with Crippen molar-refractivity contribution in [2.24, 2.45) is 7.05 Å². The second-order valence-electron chi connectivity index (χ2n) is 3.78. The van der Waals surface area contributed by atoms with Crippen LogP contribution in [0.5, 0.6) is 0 Å². The molecule has 2 aromatic rings. The van der Waals surface area contributed by atoms with Gasteiger partial charge < -0.3 is 11.1 Å². The van der Waals surface area contributed by atoms with Gasteiger partial charge in [0.15, 0.2) is 0 Å². The number of rotatable bonds is 2. The highest BCUT2D eigenvalue weighted by molar-refractivity contribution is 6.04. The zero-order valence-electron chi connectivity index (χ0n) is 9.64. The van der Waals surface area contributed by atoms with E-state index in [1.807, 2.05) is 0 Å². The third-order valence-electron chi connectivity index (χ3n) is 2.20. The number of hydrogen-bond acceptors (Lipinski definition) is 4. The first kappa shape index (κ1) is 11.1. The van der Waals surface area contributed by atoms with Gasteiger partial charge in [0.25, 0.3) is 5.91 Å². The Morgan fingerprint density at radius 1 is 1.47 bits per heavy atom. The normalized spacial score (nSPS) is 10.2. The zero-order valence-corrected chi connectivity index (χ0v) is 9.64. The summed E-state index contributed by atoms with van der Waals surface area (Å²) in [7, 11) is 1.78. The van der Waals surface area contributed by atoms with Crippen LogP contribution < -0.4 is 11.1 Å². The average molecular weight is 231 g/mol. The molecule has 1 amide bonds. The largest absolute Gasteiger partial charge is 0.384 e.